The molecule has 0 aliphatic rings. The fraction of sp³-hybridized carbons (Fsp3) is 0.833. The van der Waals surface area contributed by atoms with Crippen molar-refractivity contribution in [3.8, 4) is 0 Å². The molecule has 0 unspecified atom stereocenters. The Bertz CT molecular complexity index is 91.1. The number of thioether (sulfide) groups is 1. The molecule has 0 rings (SSSR count). The second-order valence-corrected chi connectivity index (χ2v) is 3.57. The van der Waals surface area contributed by atoms with E-state index in [4.69, 9.17) is 17.0 Å². The molecule has 0 aliphatic carbocycles. The summed E-state index contributed by atoms with van der Waals surface area (Å²) in [4.78, 5) is 0. The molecule has 0 saturated heterocycles. The largest absolute Gasteiger partial charge is 0.478 e. The standard InChI is InChI=1S/C6H12OS2/c1-5(2)4-7-6(8)9-3/h5H,4H2,1-3H3. The third-order valence-corrected chi connectivity index (χ3v) is 1.77. The van der Waals surface area contributed by atoms with Crippen LogP contribution in [-0.2, 0) is 4.74 Å². The van der Waals surface area contributed by atoms with E-state index in [0.717, 1.165) is 6.61 Å². The molecule has 0 bridgehead atoms. The highest BCUT2D eigenvalue weighted by atomic mass is 32.2. The molecule has 0 aromatic carbocycles. The van der Waals surface area contributed by atoms with Gasteiger partial charge in [-0.25, -0.2) is 0 Å². The molecule has 0 aromatic rings. The van der Waals surface area contributed by atoms with E-state index in [1.54, 1.807) is 0 Å². The first-order valence-electron chi connectivity index (χ1n) is 2.87. The van der Waals surface area contributed by atoms with Crippen molar-refractivity contribution in [3.05, 3.63) is 0 Å². The lowest BCUT2D eigenvalue weighted by Gasteiger charge is -2.06. The van der Waals surface area contributed by atoms with Gasteiger partial charge in [0.15, 0.2) is 0 Å². The Morgan fingerprint density at radius 1 is 1.67 bits per heavy atom. The minimum Gasteiger partial charge on any atom is -0.478 e. The molecule has 0 amide bonds. The van der Waals surface area contributed by atoms with Crippen LogP contribution in [0.15, 0.2) is 0 Å². The molecule has 0 aromatic heterocycles. The Labute approximate surface area is 66.2 Å². The van der Waals surface area contributed by atoms with Gasteiger partial charge in [0, 0.05) is 0 Å². The molecule has 0 heterocycles. The van der Waals surface area contributed by atoms with E-state index in [1.807, 2.05) is 6.26 Å². The Kier molecular flexibility index (Phi) is 5.19. The quantitative estimate of drug-likeness (QED) is 0.580. The van der Waals surface area contributed by atoms with Crippen molar-refractivity contribution in [3.63, 3.8) is 0 Å². The van der Waals surface area contributed by atoms with Gasteiger partial charge in [-0.05, 0) is 24.4 Å². The summed E-state index contributed by atoms with van der Waals surface area (Å²) in [5.74, 6) is 0.565. The normalized spacial score (nSPS) is 9.78. The summed E-state index contributed by atoms with van der Waals surface area (Å²) in [7, 11) is 0. The predicted molar refractivity (Wildman–Crippen MR) is 46.9 cm³/mol. The SMILES string of the molecule is CSC(=S)OCC(C)C. The van der Waals surface area contributed by atoms with Crippen molar-refractivity contribution in [1.82, 2.24) is 0 Å². The zero-order chi connectivity index (χ0) is 7.28. The van der Waals surface area contributed by atoms with E-state index in [2.05, 4.69) is 13.8 Å². The van der Waals surface area contributed by atoms with Crippen molar-refractivity contribution in [2.75, 3.05) is 12.9 Å². The van der Waals surface area contributed by atoms with E-state index in [9.17, 15) is 0 Å². The van der Waals surface area contributed by atoms with Crippen molar-refractivity contribution >= 4 is 28.4 Å². The first kappa shape index (κ1) is 9.24. The van der Waals surface area contributed by atoms with Gasteiger partial charge in [-0.2, -0.15) is 0 Å². The van der Waals surface area contributed by atoms with Crippen LogP contribution in [0, 0.1) is 5.92 Å². The predicted octanol–water partition coefficient (Wildman–Crippen LogP) is 2.31. The van der Waals surface area contributed by atoms with Gasteiger partial charge in [-0.1, -0.05) is 25.6 Å². The van der Waals surface area contributed by atoms with E-state index in [-0.39, 0.29) is 0 Å². The summed E-state index contributed by atoms with van der Waals surface area (Å²) >= 11 is 6.29. The summed E-state index contributed by atoms with van der Waals surface area (Å²) < 4.78 is 5.79. The van der Waals surface area contributed by atoms with Gasteiger partial charge < -0.3 is 4.74 Å². The maximum absolute atomic E-state index is 5.15. The molecule has 54 valence electrons. The fourth-order valence-corrected chi connectivity index (χ4v) is 0.548. The smallest absolute Gasteiger partial charge is 0.219 e. The molecular formula is C6H12OS2. The van der Waals surface area contributed by atoms with Gasteiger partial charge in [0.1, 0.15) is 0 Å². The highest BCUT2D eigenvalue weighted by molar-refractivity contribution is 8.22. The number of hydrogen-bond acceptors (Lipinski definition) is 3. The minimum absolute atomic E-state index is 0.565. The summed E-state index contributed by atoms with van der Waals surface area (Å²) in [5, 5.41) is 0. The molecule has 0 fully saturated rings. The highest BCUT2D eigenvalue weighted by Gasteiger charge is 1.96. The minimum atomic E-state index is 0.565. The van der Waals surface area contributed by atoms with Crippen molar-refractivity contribution in [2.45, 2.75) is 13.8 Å². The maximum Gasteiger partial charge on any atom is 0.219 e. The van der Waals surface area contributed by atoms with E-state index >= 15 is 0 Å². The number of rotatable bonds is 2. The highest BCUT2D eigenvalue weighted by Crippen LogP contribution is 2.02. The van der Waals surface area contributed by atoms with Crippen LogP contribution < -0.4 is 0 Å². The fourth-order valence-electron chi connectivity index (χ4n) is 0.294. The van der Waals surface area contributed by atoms with Crippen molar-refractivity contribution in [1.29, 1.82) is 0 Å². The van der Waals surface area contributed by atoms with Gasteiger partial charge in [-0.3, -0.25) is 0 Å². The summed E-state index contributed by atoms with van der Waals surface area (Å²) in [6.07, 6.45) is 1.92. The lowest BCUT2D eigenvalue weighted by atomic mass is 10.2. The van der Waals surface area contributed by atoms with Crippen LogP contribution in [0.1, 0.15) is 13.8 Å². The van der Waals surface area contributed by atoms with Crippen molar-refractivity contribution < 1.29 is 4.74 Å². The summed E-state index contributed by atoms with van der Waals surface area (Å²) in [5.41, 5.74) is 0. The Hall–Kier alpha value is 0.240. The van der Waals surface area contributed by atoms with Crippen LogP contribution in [0.5, 0.6) is 0 Å². The first-order valence-corrected chi connectivity index (χ1v) is 4.51. The molecule has 0 saturated carbocycles. The third kappa shape index (κ3) is 6.12. The Morgan fingerprint density at radius 3 is 2.56 bits per heavy atom. The molecule has 9 heavy (non-hydrogen) atoms. The molecule has 1 nitrogen and oxygen atoms in total. The average Bonchev–Trinajstić information content (AvgIpc) is 1.83. The topological polar surface area (TPSA) is 9.23 Å². The zero-order valence-electron chi connectivity index (χ0n) is 6.01. The average molecular weight is 164 g/mol. The number of hydrogen-bond donors (Lipinski definition) is 0. The molecule has 0 aliphatic heterocycles. The molecular weight excluding hydrogens is 152 g/mol. The summed E-state index contributed by atoms with van der Waals surface area (Å²) in [6, 6.07) is 0. The number of ether oxygens (including phenoxy) is 1. The summed E-state index contributed by atoms with van der Waals surface area (Å²) in [6.45, 7) is 4.94. The van der Waals surface area contributed by atoms with Gasteiger partial charge in [-0.15, -0.1) is 0 Å². The number of thiocarbonyl (C=S) groups is 1. The zero-order valence-corrected chi connectivity index (χ0v) is 7.64. The molecule has 0 N–H and O–H groups in total. The third-order valence-electron chi connectivity index (χ3n) is 0.701. The van der Waals surface area contributed by atoms with Gasteiger partial charge in [0.05, 0.1) is 6.61 Å². The second-order valence-electron chi connectivity index (χ2n) is 2.16. The van der Waals surface area contributed by atoms with Crippen LogP contribution in [0.2, 0.25) is 0 Å². The van der Waals surface area contributed by atoms with Crippen LogP contribution in [0.25, 0.3) is 0 Å². The van der Waals surface area contributed by atoms with E-state index in [1.165, 1.54) is 11.8 Å². The molecule has 0 atom stereocenters. The van der Waals surface area contributed by atoms with Crippen molar-refractivity contribution in [2.24, 2.45) is 5.92 Å². The molecule has 0 spiro atoms. The van der Waals surface area contributed by atoms with E-state index in [0.29, 0.717) is 10.3 Å². The van der Waals surface area contributed by atoms with Gasteiger partial charge >= 0.3 is 0 Å². The van der Waals surface area contributed by atoms with Crippen LogP contribution in [0.4, 0.5) is 0 Å². The van der Waals surface area contributed by atoms with E-state index < -0.39 is 0 Å². The lowest BCUT2D eigenvalue weighted by molar-refractivity contribution is 0.273. The van der Waals surface area contributed by atoms with Crippen LogP contribution >= 0.6 is 24.0 Å². The maximum atomic E-state index is 5.15. The van der Waals surface area contributed by atoms with Crippen LogP contribution in [0.3, 0.4) is 0 Å². The first-order chi connectivity index (χ1) is 4.16. The Morgan fingerprint density at radius 2 is 2.22 bits per heavy atom. The van der Waals surface area contributed by atoms with Crippen LogP contribution in [-0.4, -0.2) is 17.2 Å². The molecule has 0 radical (unpaired) electrons. The Balaban J connectivity index is 3.17. The second kappa shape index (κ2) is 5.06. The van der Waals surface area contributed by atoms with Gasteiger partial charge in [0.25, 0.3) is 0 Å². The lowest BCUT2D eigenvalue weighted by Crippen LogP contribution is -2.04. The van der Waals surface area contributed by atoms with Gasteiger partial charge in [0.2, 0.25) is 4.38 Å². The monoisotopic (exact) mass is 164 g/mol. The molecule has 3 heteroatoms.